The van der Waals surface area contributed by atoms with E-state index in [4.69, 9.17) is 5.73 Å². The van der Waals surface area contributed by atoms with Crippen LogP contribution in [0.15, 0.2) is 12.1 Å². The number of aromatic hydroxyl groups is 1. The SMILES string of the molecule is Cc1cc(O)c(C(C)(C)C)cc1C(C)CCN. The van der Waals surface area contributed by atoms with E-state index in [-0.39, 0.29) is 5.41 Å². The molecule has 0 aromatic heterocycles. The van der Waals surface area contributed by atoms with Crippen LogP contribution in [0.25, 0.3) is 0 Å². The van der Waals surface area contributed by atoms with E-state index >= 15 is 0 Å². The normalized spacial score (nSPS) is 13.8. The summed E-state index contributed by atoms with van der Waals surface area (Å²) in [6.07, 6.45) is 0.981. The zero-order valence-electron chi connectivity index (χ0n) is 11.7. The molecule has 1 aromatic rings. The molecule has 0 aliphatic rings. The number of aryl methyl sites for hydroxylation is 1. The predicted octanol–water partition coefficient (Wildman–Crippen LogP) is 3.45. The Labute approximate surface area is 105 Å². The van der Waals surface area contributed by atoms with Gasteiger partial charge in [0.1, 0.15) is 5.75 Å². The van der Waals surface area contributed by atoms with Crippen LogP contribution in [0, 0.1) is 6.92 Å². The minimum Gasteiger partial charge on any atom is -0.508 e. The van der Waals surface area contributed by atoms with E-state index in [1.54, 1.807) is 0 Å². The lowest BCUT2D eigenvalue weighted by Gasteiger charge is -2.24. The van der Waals surface area contributed by atoms with Gasteiger partial charge in [-0.25, -0.2) is 0 Å². The molecule has 0 aliphatic carbocycles. The van der Waals surface area contributed by atoms with Crippen molar-refractivity contribution in [2.45, 2.75) is 52.4 Å². The molecular formula is C15H25NO. The molecule has 0 spiro atoms. The number of phenolic OH excluding ortho intramolecular Hbond substituents is 1. The standard InChI is InChI=1S/C15H25NO/c1-10(6-7-16)12-9-13(15(3,4)5)14(17)8-11(12)2/h8-10,17H,6-7,16H2,1-5H3. The number of phenols is 1. The van der Waals surface area contributed by atoms with Gasteiger partial charge in [-0.3, -0.25) is 0 Å². The minimum absolute atomic E-state index is 0.0328. The average molecular weight is 235 g/mol. The van der Waals surface area contributed by atoms with Crippen LogP contribution in [-0.4, -0.2) is 11.7 Å². The van der Waals surface area contributed by atoms with Gasteiger partial charge in [0, 0.05) is 0 Å². The fourth-order valence-electron chi connectivity index (χ4n) is 2.25. The molecule has 1 unspecified atom stereocenters. The van der Waals surface area contributed by atoms with Gasteiger partial charge < -0.3 is 10.8 Å². The Kier molecular flexibility index (Phi) is 4.21. The van der Waals surface area contributed by atoms with E-state index in [1.165, 1.54) is 5.56 Å². The van der Waals surface area contributed by atoms with Crippen LogP contribution < -0.4 is 5.73 Å². The van der Waals surface area contributed by atoms with Crippen molar-refractivity contribution in [3.8, 4) is 5.75 Å². The molecular weight excluding hydrogens is 210 g/mol. The number of hydrogen-bond donors (Lipinski definition) is 2. The topological polar surface area (TPSA) is 46.2 Å². The number of benzene rings is 1. The summed E-state index contributed by atoms with van der Waals surface area (Å²) in [5.74, 6) is 0.848. The van der Waals surface area contributed by atoms with Crippen molar-refractivity contribution in [3.63, 3.8) is 0 Å². The molecule has 0 amide bonds. The summed E-state index contributed by atoms with van der Waals surface area (Å²) in [6, 6.07) is 4.02. The molecule has 1 atom stereocenters. The lowest BCUT2D eigenvalue weighted by molar-refractivity contribution is 0.445. The highest BCUT2D eigenvalue weighted by molar-refractivity contribution is 5.45. The maximum Gasteiger partial charge on any atom is 0.119 e. The summed E-state index contributed by atoms with van der Waals surface area (Å²) < 4.78 is 0. The molecule has 1 aromatic carbocycles. The largest absolute Gasteiger partial charge is 0.508 e. The van der Waals surface area contributed by atoms with Crippen LogP contribution in [0.3, 0.4) is 0 Å². The molecule has 96 valence electrons. The quantitative estimate of drug-likeness (QED) is 0.843. The van der Waals surface area contributed by atoms with E-state index in [2.05, 4.69) is 40.7 Å². The molecule has 0 heterocycles. The summed E-state index contributed by atoms with van der Waals surface area (Å²) >= 11 is 0. The Balaban J connectivity index is 3.24. The molecule has 17 heavy (non-hydrogen) atoms. The molecule has 0 bridgehead atoms. The molecule has 0 fully saturated rings. The average Bonchev–Trinajstić information content (AvgIpc) is 2.15. The third-order valence-corrected chi connectivity index (χ3v) is 3.32. The van der Waals surface area contributed by atoms with Crippen molar-refractivity contribution in [1.82, 2.24) is 0 Å². The Hall–Kier alpha value is -1.02. The van der Waals surface area contributed by atoms with E-state index in [1.807, 2.05) is 6.07 Å². The second-order valence-corrected chi connectivity index (χ2v) is 5.95. The first-order chi connectivity index (χ1) is 7.77. The van der Waals surface area contributed by atoms with Gasteiger partial charge in [0.2, 0.25) is 0 Å². The van der Waals surface area contributed by atoms with Gasteiger partial charge in [-0.2, -0.15) is 0 Å². The van der Waals surface area contributed by atoms with Crippen molar-refractivity contribution < 1.29 is 5.11 Å². The number of rotatable bonds is 3. The molecule has 3 N–H and O–H groups in total. The fraction of sp³-hybridized carbons (Fsp3) is 0.600. The maximum absolute atomic E-state index is 10.0. The van der Waals surface area contributed by atoms with Crippen molar-refractivity contribution >= 4 is 0 Å². The minimum atomic E-state index is -0.0328. The highest BCUT2D eigenvalue weighted by Gasteiger charge is 2.20. The summed E-state index contributed by atoms with van der Waals surface area (Å²) in [7, 11) is 0. The predicted molar refractivity (Wildman–Crippen MR) is 73.6 cm³/mol. The summed E-state index contributed by atoms with van der Waals surface area (Å²) in [4.78, 5) is 0. The van der Waals surface area contributed by atoms with Crippen LogP contribution in [0.1, 0.15) is 56.7 Å². The molecule has 0 radical (unpaired) electrons. The monoisotopic (exact) mass is 235 g/mol. The first-order valence-corrected chi connectivity index (χ1v) is 6.31. The Morgan fingerprint density at radius 2 is 1.88 bits per heavy atom. The highest BCUT2D eigenvalue weighted by atomic mass is 16.3. The van der Waals surface area contributed by atoms with Crippen molar-refractivity contribution in [3.05, 3.63) is 28.8 Å². The lowest BCUT2D eigenvalue weighted by Crippen LogP contribution is -2.13. The van der Waals surface area contributed by atoms with Gasteiger partial charge in [0.25, 0.3) is 0 Å². The van der Waals surface area contributed by atoms with Crippen molar-refractivity contribution in [2.24, 2.45) is 5.73 Å². The fourth-order valence-corrected chi connectivity index (χ4v) is 2.25. The van der Waals surface area contributed by atoms with Gasteiger partial charge in [0.05, 0.1) is 0 Å². The van der Waals surface area contributed by atoms with Crippen LogP contribution in [0.2, 0.25) is 0 Å². The maximum atomic E-state index is 10.0. The van der Waals surface area contributed by atoms with Crippen LogP contribution >= 0.6 is 0 Å². The number of hydrogen-bond acceptors (Lipinski definition) is 2. The Bertz CT molecular complexity index is 391. The van der Waals surface area contributed by atoms with E-state index in [0.717, 1.165) is 17.5 Å². The molecule has 2 heteroatoms. The molecule has 0 saturated heterocycles. The highest BCUT2D eigenvalue weighted by Crippen LogP contribution is 2.35. The summed E-state index contributed by atoms with van der Waals surface area (Å²) in [6.45, 7) is 11.3. The zero-order valence-corrected chi connectivity index (χ0v) is 11.7. The smallest absolute Gasteiger partial charge is 0.119 e. The van der Waals surface area contributed by atoms with Crippen LogP contribution in [-0.2, 0) is 5.41 Å². The molecule has 2 nitrogen and oxygen atoms in total. The first-order valence-electron chi connectivity index (χ1n) is 6.31. The van der Waals surface area contributed by atoms with Gasteiger partial charge in [-0.1, -0.05) is 33.8 Å². The van der Waals surface area contributed by atoms with E-state index < -0.39 is 0 Å². The molecule has 0 aliphatic heterocycles. The van der Waals surface area contributed by atoms with Crippen LogP contribution in [0.5, 0.6) is 5.75 Å². The summed E-state index contributed by atoms with van der Waals surface area (Å²) in [5.41, 5.74) is 9.06. The second-order valence-electron chi connectivity index (χ2n) is 5.95. The third kappa shape index (κ3) is 3.22. The van der Waals surface area contributed by atoms with Gasteiger partial charge in [0.15, 0.2) is 0 Å². The Morgan fingerprint density at radius 1 is 1.29 bits per heavy atom. The lowest BCUT2D eigenvalue weighted by atomic mass is 9.82. The third-order valence-electron chi connectivity index (χ3n) is 3.32. The summed E-state index contributed by atoms with van der Waals surface area (Å²) in [5, 5.41) is 10.0. The number of nitrogens with two attached hydrogens (primary N) is 1. The zero-order chi connectivity index (χ0) is 13.2. The van der Waals surface area contributed by atoms with E-state index in [9.17, 15) is 5.11 Å². The van der Waals surface area contributed by atoms with Gasteiger partial charge >= 0.3 is 0 Å². The van der Waals surface area contributed by atoms with Gasteiger partial charge in [-0.15, -0.1) is 0 Å². The second kappa shape index (κ2) is 5.09. The molecule has 1 rings (SSSR count). The van der Waals surface area contributed by atoms with Crippen molar-refractivity contribution in [2.75, 3.05) is 6.54 Å². The van der Waals surface area contributed by atoms with Crippen molar-refractivity contribution in [1.29, 1.82) is 0 Å². The first kappa shape index (κ1) is 14.0. The van der Waals surface area contributed by atoms with Gasteiger partial charge in [-0.05, 0) is 54.0 Å². The molecule has 0 saturated carbocycles. The van der Waals surface area contributed by atoms with E-state index in [0.29, 0.717) is 18.2 Å². The Morgan fingerprint density at radius 3 is 2.35 bits per heavy atom. The van der Waals surface area contributed by atoms with Crippen LogP contribution in [0.4, 0.5) is 0 Å².